The van der Waals surface area contributed by atoms with Gasteiger partial charge in [0, 0.05) is 12.2 Å². The fourth-order valence-electron chi connectivity index (χ4n) is 2.15. The summed E-state index contributed by atoms with van der Waals surface area (Å²) in [5, 5.41) is 13.0. The zero-order chi connectivity index (χ0) is 11.9. The molecule has 0 spiro atoms. The molecule has 0 saturated heterocycles. The Labute approximate surface area is 103 Å². The molecule has 1 aliphatic rings. The fraction of sp³-hybridized carbons (Fsp3) is 0.571. The number of anilines is 1. The number of aliphatic hydroxyl groups is 1. The molecule has 0 aromatic heterocycles. The summed E-state index contributed by atoms with van der Waals surface area (Å²) in [6, 6.07) is 9.91. The van der Waals surface area contributed by atoms with Crippen LogP contribution in [0.25, 0.3) is 0 Å². The van der Waals surface area contributed by atoms with E-state index in [1.165, 1.54) is 12.8 Å². The lowest BCUT2D eigenvalue weighted by Gasteiger charge is -2.16. The van der Waals surface area contributed by atoms with Crippen LogP contribution in [0.3, 0.4) is 0 Å². The Morgan fingerprint density at radius 3 is 2.65 bits per heavy atom. The van der Waals surface area contributed by atoms with Crippen molar-refractivity contribution in [3.8, 4) is 0 Å². The summed E-state index contributed by atoms with van der Waals surface area (Å²) in [5.41, 5.74) is 1.03. The van der Waals surface area contributed by atoms with Crippen molar-refractivity contribution >= 4 is 5.69 Å². The molecule has 0 amide bonds. The number of ether oxygens (including phenoxy) is 1. The summed E-state index contributed by atoms with van der Waals surface area (Å²) in [4.78, 5) is 0. The monoisotopic (exact) mass is 235 g/mol. The number of para-hydroxylation sites is 1. The number of hydrogen-bond acceptors (Lipinski definition) is 3. The van der Waals surface area contributed by atoms with E-state index in [1.807, 2.05) is 30.3 Å². The SMILES string of the molecule is OC(CNc1ccccc1)COC1CCCC1. The van der Waals surface area contributed by atoms with Gasteiger partial charge in [0.05, 0.1) is 18.8 Å². The Morgan fingerprint density at radius 2 is 1.94 bits per heavy atom. The first-order valence-electron chi connectivity index (χ1n) is 6.43. The van der Waals surface area contributed by atoms with Crippen molar-refractivity contribution in [2.45, 2.75) is 37.9 Å². The van der Waals surface area contributed by atoms with Crippen molar-refractivity contribution in [3.63, 3.8) is 0 Å². The van der Waals surface area contributed by atoms with Crippen molar-refractivity contribution in [3.05, 3.63) is 30.3 Å². The topological polar surface area (TPSA) is 41.5 Å². The molecule has 1 unspecified atom stereocenters. The average molecular weight is 235 g/mol. The lowest BCUT2D eigenvalue weighted by Crippen LogP contribution is -2.27. The zero-order valence-electron chi connectivity index (χ0n) is 10.1. The van der Waals surface area contributed by atoms with E-state index in [0.717, 1.165) is 18.5 Å². The molecule has 17 heavy (non-hydrogen) atoms. The highest BCUT2D eigenvalue weighted by molar-refractivity contribution is 5.42. The molecule has 0 heterocycles. The molecule has 2 rings (SSSR count). The maximum Gasteiger partial charge on any atom is 0.0945 e. The predicted molar refractivity (Wildman–Crippen MR) is 69.1 cm³/mol. The van der Waals surface area contributed by atoms with Gasteiger partial charge in [-0.15, -0.1) is 0 Å². The van der Waals surface area contributed by atoms with Gasteiger partial charge >= 0.3 is 0 Å². The van der Waals surface area contributed by atoms with Crippen molar-refractivity contribution in [1.29, 1.82) is 0 Å². The third-order valence-corrected chi connectivity index (χ3v) is 3.14. The highest BCUT2D eigenvalue weighted by Gasteiger charge is 2.16. The molecule has 0 aliphatic heterocycles. The molecule has 1 saturated carbocycles. The fourth-order valence-corrected chi connectivity index (χ4v) is 2.15. The van der Waals surface area contributed by atoms with Crippen LogP contribution in [-0.2, 0) is 4.74 Å². The Hall–Kier alpha value is -1.06. The first-order chi connectivity index (χ1) is 8.34. The molecule has 0 bridgehead atoms. The Morgan fingerprint density at radius 1 is 1.24 bits per heavy atom. The van der Waals surface area contributed by atoms with Crippen LogP contribution >= 0.6 is 0 Å². The summed E-state index contributed by atoms with van der Waals surface area (Å²) in [7, 11) is 0. The molecule has 3 nitrogen and oxygen atoms in total. The number of aliphatic hydroxyl groups excluding tert-OH is 1. The van der Waals surface area contributed by atoms with E-state index in [1.54, 1.807) is 0 Å². The molecule has 1 aliphatic carbocycles. The van der Waals surface area contributed by atoms with E-state index >= 15 is 0 Å². The van der Waals surface area contributed by atoms with Crippen molar-refractivity contribution in [2.75, 3.05) is 18.5 Å². The standard InChI is InChI=1S/C14H21NO2/c16-13(11-17-14-8-4-5-9-14)10-15-12-6-2-1-3-7-12/h1-3,6-7,13-16H,4-5,8-11H2. The van der Waals surface area contributed by atoms with E-state index in [2.05, 4.69) is 5.32 Å². The molecule has 1 atom stereocenters. The van der Waals surface area contributed by atoms with Crippen LogP contribution in [0.5, 0.6) is 0 Å². The highest BCUT2D eigenvalue weighted by Crippen LogP contribution is 2.20. The maximum absolute atomic E-state index is 9.78. The van der Waals surface area contributed by atoms with Crippen molar-refractivity contribution < 1.29 is 9.84 Å². The van der Waals surface area contributed by atoms with Gasteiger partial charge in [0.1, 0.15) is 0 Å². The van der Waals surface area contributed by atoms with Gasteiger partial charge in [0.2, 0.25) is 0 Å². The summed E-state index contributed by atoms with van der Waals surface area (Å²) < 4.78 is 5.66. The van der Waals surface area contributed by atoms with Crippen LogP contribution in [-0.4, -0.2) is 30.5 Å². The van der Waals surface area contributed by atoms with Gasteiger partial charge in [0.25, 0.3) is 0 Å². The van der Waals surface area contributed by atoms with Crippen LogP contribution in [0, 0.1) is 0 Å². The van der Waals surface area contributed by atoms with E-state index in [-0.39, 0.29) is 0 Å². The lowest BCUT2D eigenvalue weighted by atomic mass is 10.3. The van der Waals surface area contributed by atoms with Crippen LogP contribution < -0.4 is 5.32 Å². The number of rotatable bonds is 6. The van der Waals surface area contributed by atoms with Gasteiger partial charge in [-0.3, -0.25) is 0 Å². The second kappa shape index (κ2) is 6.62. The van der Waals surface area contributed by atoms with E-state index in [0.29, 0.717) is 19.3 Å². The first kappa shape index (κ1) is 12.4. The van der Waals surface area contributed by atoms with Gasteiger partial charge in [0.15, 0.2) is 0 Å². The van der Waals surface area contributed by atoms with Gasteiger partial charge in [-0.25, -0.2) is 0 Å². The van der Waals surface area contributed by atoms with Gasteiger partial charge in [-0.2, -0.15) is 0 Å². The van der Waals surface area contributed by atoms with Crippen LogP contribution in [0.2, 0.25) is 0 Å². The van der Waals surface area contributed by atoms with Crippen LogP contribution in [0.15, 0.2) is 30.3 Å². The molecule has 1 aromatic carbocycles. The van der Waals surface area contributed by atoms with E-state index in [4.69, 9.17) is 4.74 Å². The van der Waals surface area contributed by atoms with Crippen molar-refractivity contribution in [1.82, 2.24) is 0 Å². The second-order valence-corrected chi connectivity index (χ2v) is 4.64. The predicted octanol–water partition coefficient (Wildman–Crippen LogP) is 2.42. The molecule has 1 aromatic rings. The van der Waals surface area contributed by atoms with Gasteiger partial charge < -0.3 is 15.2 Å². The molecular formula is C14H21NO2. The summed E-state index contributed by atoms with van der Waals surface area (Å²) in [6.45, 7) is 0.973. The molecule has 3 heteroatoms. The number of nitrogens with one attached hydrogen (secondary N) is 1. The second-order valence-electron chi connectivity index (χ2n) is 4.64. The van der Waals surface area contributed by atoms with Gasteiger partial charge in [-0.1, -0.05) is 31.0 Å². The molecular weight excluding hydrogens is 214 g/mol. The third kappa shape index (κ3) is 4.36. The normalized spacial score (nSPS) is 18.2. The average Bonchev–Trinajstić information content (AvgIpc) is 2.88. The minimum Gasteiger partial charge on any atom is -0.389 e. The largest absolute Gasteiger partial charge is 0.389 e. The van der Waals surface area contributed by atoms with Crippen LogP contribution in [0.4, 0.5) is 5.69 Å². The third-order valence-electron chi connectivity index (χ3n) is 3.14. The zero-order valence-corrected chi connectivity index (χ0v) is 10.1. The van der Waals surface area contributed by atoms with Gasteiger partial charge in [-0.05, 0) is 25.0 Å². The molecule has 0 radical (unpaired) electrons. The first-order valence-corrected chi connectivity index (χ1v) is 6.43. The van der Waals surface area contributed by atoms with E-state index < -0.39 is 6.10 Å². The van der Waals surface area contributed by atoms with Crippen LogP contribution in [0.1, 0.15) is 25.7 Å². The highest BCUT2D eigenvalue weighted by atomic mass is 16.5. The van der Waals surface area contributed by atoms with Crippen molar-refractivity contribution in [2.24, 2.45) is 0 Å². The minimum absolute atomic E-state index is 0.376. The molecule has 2 N–H and O–H groups in total. The minimum atomic E-state index is -0.434. The quantitative estimate of drug-likeness (QED) is 0.795. The molecule has 1 fully saturated rings. The maximum atomic E-state index is 9.78. The summed E-state index contributed by atoms with van der Waals surface area (Å²) in [6.07, 6.45) is 4.78. The summed E-state index contributed by atoms with van der Waals surface area (Å²) in [5.74, 6) is 0. The Bertz CT molecular complexity index is 309. The molecule has 94 valence electrons. The lowest BCUT2D eigenvalue weighted by molar-refractivity contribution is -0.00117. The van der Waals surface area contributed by atoms with E-state index in [9.17, 15) is 5.11 Å². The Balaban J connectivity index is 1.62. The number of benzene rings is 1. The smallest absolute Gasteiger partial charge is 0.0945 e. The number of hydrogen-bond donors (Lipinski definition) is 2. The summed E-state index contributed by atoms with van der Waals surface area (Å²) >= 11 is 0. The Kier molecular flexibility index (Phi) is 4.83.